The van der Waals surface area contributed by atoms with E-state index in [-0.39, 0.29) is 12.6 Å². The van der Waals surface area contributed by atoms with Gasteiger partial charge >= 0.3 is 0 Å². The number of hydrogen-bond acceptors (Lipinski definition) is 6. The molecular weight excluding hydrogens is 282 g/mol. The molecular formula is C11H21N3O3SSi. The van der Waals surface area contributed by atoms with Crippen molar-refractivity contribution in [2.75, 3.05) is 13.4 Å². The second-order valence-electron chi connectivity index (χ2n) is 5.31. The van der Waals surface area contributed by atoms with Gasteiger partial charge in [0.05, 0.1) is 12.3 Å². The van der Waals surface area contributed by atoms with Crippen LogP contribution in [0.15, 0.2) is 10.5 Å². The minimum absolute atomic E-state index is 0.0163. The Morgan fingerprint density at radius 3 is 2.84 bits per heavy atom. The number of nitrogens with two attached hydrogens (primary N) is 1. The van der Waals surface area contributed by atoms with Crippen LogP contribution in [0.3, 0.4) is 0 Å². The van der Waals surface area contributed by atoms with E-state index >= 15 is 0 Å². The van der Waals surface area contributed by atoms with Crippen LogP contribution in [-0.2, 0) is 16.1 Å². The van der Waals surface area contributed by atoms with Gasteiger partial charge in [-0.05, 0) is 6.04 Å². The predicted molar refractivity (Wildman–Crippen MR) is 78.4 cm³/mol. The molecule has 19 heavy (non-hydrogen) atoms. The SMILES string of the molecule is C[Si](C)(C)CCOCOCc1csc(/C(N)=N/O)n1. The fourth-order valence-electron chi connectivity index (χ4n) is 1.18. The van der Waals surface area contributed by atoms with Crippen molar-refractivity contribution >= 4 is 25.2 Å². The number of hydrogen-bond donors (Lipinski definition) is 2. The van der Waals surface area contributed by atoms with Gasteiger partial charge in [0.15, 0.2) is 10.8 Å². The minimum atomic E-state index is -1.04. The van der Waals surface area contributed by atoms with Crippen molar-refractivity contribution in [1.82, 2.24) is 4.98 Å². The van der Waals surface area contributed by atoms with Crippen molar-refractivity contribution in [2.45, 2.75) is 32.3 Å². The molecule has 0 atom stereocenters. The van der Waals surface area contributed by atoms with E-state index < -0.39 is 8.07 Å². The molecule has 108 valence electrons. The van der Waals surface area contributed by atoms with Gasteiger partial charge in [-0.2, -0.15) is 0 Å². The third kappa shape index (κ3) is 6.67. The van der Waals surface area contributed by atoms with Crippen molar-refractivity contribution in [3.63, 3.8) is 0 Å². The first kappa shape index (κ1) is 16.1. The number of amidine groups is 1. The quantitative estimate of drug-likeness (QED) is 0.146. The minimum Gasteiger partial charge on any atom is -0.409 e. The molecule has 0 unspecified atom stereocenters. The monoisotopic (exact) mass is 303 g/mol. The molecule has 6 nitrogen and oxygen atoms in total. The van der Waals surface area contributed by atoms with Gasteiger partial charge in [0.1, 0.15) is 6.79 Å². The molecule has 0 aliphatic heterocycles. The predicted octanol–water partition coefficient (Wildman–Crippen LogP) is 2.07. The van der Waals surface area contributed by atoms with Crippen LogP contribution in [0.1, 0.15) is 10.7 Å². The summed E-state index contributed by atoms with van der Waals surface area (Å²) in [5, 5.41) is 13.7. The molecule has 0 radical (unpaired) electrons. The van der Waals surface area contributed by atoms with Crippen LogP contribution in [0.5, 0.6) is 0 Å². The summed E-state index contributed by atoms with van der Waals surface area (Å²) >= 11 is 1.31. The maximum absolute atomic E-state index is 8.52. The lowest BCUT2D eigenvalue weighted by atomic mass is 10.5. The number of thiazole rings is 1. The van der Waals surface area contributed by atoms with Crippen LogP contribution in [-0.4, -0.2) is 37.5 Å². The molecule has 1 heterocycles. The fourth-order valence-corrected chi connectivity index (χ4v) is 2.63. The van der Waals surface area contributed by atoms with E-state index in [0.29, 0.717) is 11.6 Å². The molecule has 3 N–H and O–H groups in total. The first-order valence-electron chi connectivity index (χ1n) is 6.00. The van der Waals surface area contributed by atoms with Gasteiger partial charge in [-0.15, -0.1) is 11.3 Å². The van der Waals surface area contributed by atoms with E-state index in [1.54, 1.807) is 0 Å². The van der Waals surface area contributed by atoms with E-state index in [2.05, 4.69) is 29.8 Å². The van der Waals surface area contributed by atoms with Crippen molar-refractivity contribution in [3.8, 4) is 0 Å². The number of aromatic nitrogens is 1. The van der Waals surface area contributed by atoms with Crippen LogP contribution in [0, 0.1) is 0 Å². The third-order valence-corrected chi connectivity index (χ3v) is 4.91. The van der Waals surface area contributed by atoms with Gasteiger partial charge in [0.25, 0.3) is 0 Å². The fraction of sp³-hybridized carbons (Fsp3) is 0.636. The average Bonchev–Trinajstić information content (AvgIpc) is 2.80. The smallest absolute Gasteiger partial charge is 0.199 e. The lowest BCUT2D eigenvalue weighted by Crippen LogP contribution is -2.22. The Hall–Kier alpha value is -0.963. The normalized spacial score (nSPS) is 12.9. The lowest BCUT2D eigenvalue weighted by Gasteiger charge is -2.15. The zero-order valence-corrected chi connectivity index (χ0v) is 13.4. The molecule has 0 saturated carbocycles. The van der Waals surface area contributed by atoms with Crippen molar-refractivity contribution in [3.05, 3.63) is 16.1 Å². The van der Waals surface area contributed by atoms with E-state index in [0.717, 1.165) is 18.3 Å². The summed E-state index contributed by atoms with van der Waals surface area (Å²) in [6.45, 7) is 8.29. The molecule has 0 aromatic carbocycles. The van der Waals surface area contributed by atoms with Crippen LogP contribution < -0.4 is 5.73 Å². The summed E-state index contributed by atoms with van der Waals surface area (Å²) in [5.74, 6) is 0.0163. The van der Waals surface area contributed by atoms with Gasteiger partial charge in [-0.3, -0.25) is 0 Å². The zero-order valence-electron chi connectivity index (χ0n) is 11.5. The molecule has 0 aliphatic rings. The Morgan fingerprint density at radius 1 is 1.47 bits per heavy atom. The second-order valence-corrected chi connectivity index (χ2v) is 11.8. The molecule has 0 fully saturated rings. The second kappa shape index (κ2) is 7.58. The molecule has 0 amide bonds. The highest BCUT2D eigenvalue weighted by Gasteiger charge is 2.12. The van der Waals surface area contributed by atoms with Gasteiger partial charge < -0.3 is 20.4 Å². The summed E-state index contributed by atoms with van der Waals surface area (Å²) in [4.78, 5) is 4.17. The maximum atomic E-state index is 8.52. The molecule has 0 bridgehead atoms. The number of nitrogens with zero attached hydrogens (tertiary/aromatic N) is 2. The van der Waals surface area contributed by atoms with E-state index in [9.17, 15) is 0 Å². The summed E-state index contributed by atoms with van der Waals surface area (Å²) in [5.41, 5.74) is 6.18. The Balaban J connectivity index is 2.18. The standard InChI is InChI=1S/C11H21N3O3SSi/c1-19(2,3)5-4-16-8-17-6-9-7-18-11(13-9)10(12)14-15/h7,15H,4-6,8H2,1-3H3,(H2,12,14). The molecule has 1 rings (SSSR count). The van der Waals surface area contributed by atoms with Gasteiger partial charge in [0.2, 0.25) is 0 Å². The first-order valence-corrected chi connectivity index (χ1v) is 10.6. The highest BCUT2D eigenvalue weighted by Crippen LogP contribution is 2.11. The van der Waals surface area contributed by atoms with Crippen molar-refractivity contribution in [2.24, 2.45) is 10.9 Å². The van der Waals surface area contributed by atoms with Crippen LogP contribution in [0.4, 0.5) is 0 Å². The van der Waals surface area contributed by atoms with E-state index in [1.165, 1.54) is 11.3 Å². The zero-order chi connectivity index (χ0) is 14.3. The van der Waals surface area contributed by atoms with E-state index in [1.807, 2.05) is 5.38 Å². The first-order chi connectivity index (χ1) is 8.92. The number of rotatable bonds is 8. The van der Waals surface area contributed by atoms with Crippen molar-refractivity contribution in [1.29, 1.82) is 0 Å². The topological polar surface area (TPSA) is 90.0 Å². The summed E-state index contributed by atoms with van der Waals surface area (Å²) < 4.78 is 10.8. The molecule has 8 heteroatoms. The van der Waals surface area contributed by atoms with Gasteiger partial charge in [-0.25, -0.2) is 4.98 Å². The van der Waals surface area contributed by atoms with Crippen molar-refractivity contribution < 1.29 is 14.7 Å². The average molecular weight is 303 g/mol. The molecule has 1 aromatic rings. The summed E-state index contributed by atoms with van der Waals surface area (Å²) in [6.07, 6.45) is 0. The van der Waals surface area contributed by atoms with Crippen LogP contribution in [0.2, 0.25) is 25.7 Å². The summed E-state index contributed by atoms with van der Waals surface area (Å²) in [6, 6.07) is 1.13. The van der Waals surface area contributed by atoms with Gasteiger partial charge in [-0.1, -0.05) is 24.8 Å². The Morgan fingerprint density at radius 2 is 2.21 bits per heavy atom. The lowest BCUT2D eigenvalue weighted by molar-refractivity contribution is -0.0581. The number of ether oxygens (including phenoxy) is 2. The Kier molecular flexibility index (Phi) is 6.42. The van der Waals surface area contributed by atoms with Crippen LogP contribution in [0.25, 0.3) is 0 Å². The number of oxime groups is 1. The van der Waals surface area contributed by atoms with Crippen LogP contribution >= 0.6 is 11.3 Å². The highest BCUT2D eigenvalue weighted by atomic mass is 32.1. The molecule has 0 spiro atoms. The maximum Gasteiger partial charge on any atom is 0.199 e. The van der Waals surface area contributed by atoms with Gasteiger partial charge in [0, 0.05) is 20.1 Å². The molecule has 1 aromatic heterocycles. The van der Waals surface area contributed by atoms with E-state index in [4.69, 9.17) is 20.4 Å². The Bertz CT molecular complexity index is 418. The largest absolute Gasteiger partial charge is 0.409 e. The highest BCUT2D eigenvalue weighted by molar-refractivity contribution is 7.11. The Labute approximate surface area is 118 Å². The summed E-state index contributed by atoms with van der Waals surface area (Å²) in [7, 11) is -1.04. The third-order valence-electron chi connectivity index (χ3n) is 2.29. The molecule has 0 aliphatic carbocycles. The molecule has 0 saturated heterocycles.